The predicted molar refractivity (Wildman–Crippen MR) is 107 cm³/mol. The zero-order valence-electron chi connectivity index (χ0n) is 15.3. The molecule has 1 atom stereocenters. The topological polar surface area (TPSA) is 47.4 Å². The Kier molecular flexibility index (Phi) is 5.28. The predicted octanol–water partition coefficient (Wildman–Crippen LogP) is 4.71. The molecule has 144 valence electrons. The smallest absolute Gasteiger partial charge is 0.250 e. The zero-order chi connectivity index (χ0) is 19.7. The van der Waals surface area contributed by atoms with E-state index in [2.05, 4.69) is 15.9 Å². The van der Waals surface area contributed by atoms with Crippen LogP contribution in [-0.2, 0) is 9.53 Å². The van der Waals surface area contributed by atoms with Crippen LogP contribution in [0.4, 0.5) is 4.39 Å². The zero-order valence-corrected chi connectivity index (χ0v) is 16.9. The number of nitrogens with zero attached hydrogens (tertiary/aromatic N) is 3. The van der Waals surface area contributed by atoms with E-state index >= 15 is 0 Å². The SMILES string of the molecule is CCCN1C(=O)COC1c1cn(-c2ccc(Br)cc2)nc1-c1ccc(F)cc1. The number of hydrogen-bond acceptors (Lipinski definition) is 3. The molecule has 0 spiro atoms. The van der Waals surface area contributed by atoms with Gasteiger partial charge in [0.15, 0.2) is 6.23 Å². The van der Waals surface area contributed by atoms with E-state index < -0.39 is 6.23 Å². The molecule has 7 heteroatoms. The second kappa shape index (κ2) is 7.85. The monoisotopic (exact) mass is 443 g/mol. The lowest BCUT2D eigenvalue weighted by Crippen LogP contribution is -2.29. The van der Waals surface area contributed by atoms with Crippen molar-refractivity contribution in [1.82, 2.24) is 14.7 Å². The van der Waals surface area contributed by atoms with Gasteiger partial charge in [-0.15, -0.1) is 0 Å². The maximum absolute atomic E-state index is 13.4. The average Bonchev–Trinajstić information content (AvgIpc) is 3.28. The van der Waals surface area contributed by atoms with Crippen molar-refractivity contribution >= 4 is 21.8 Å². The lowest BCUT2D eigenvalue weighted by Gasteiger charge is -2.22. The molecule has 1 fully saturated rings. The van der Waals surface area contributed by atoms with Crippen LogP contribution in [0.3, 0.4) is 0 Å². The van der Waals surface area contributed by atoms with Gasteiger partial charge in [-0.05, 0) is 55.0 Å². The van der Waals surface area contributed by atoms with Gasteiger partial charge in [0.2, 0.25) is 0 Å². The van der Waals surface area contributed by atoms with Gasteiger partial charge in [0.05, 0.1) is 5.69 Å². The number of hydrogen-bond donors (Lipinski definition) is 0. The van der Waals surface area contributed by atoms with Crippen LogP contribution in [0, 0.1) is 5.82 Å². The summed E-state index contributed by atoms with van der Waals surface area (Å²) in [6.45, 7) is 2.68. The maximum atomic E-state index is 13.4. The molecular weight excluding hydrogens is 425 g/mol. The highest BCUT2D eigenvalue weighted by molar-refractivity contribution is 9.10. The number of aromatic nitrogens is 2. The first-order valence-corrected chi connectivity index (χ1v) is 9.88. The summed E-state index contributed by atoms with van der Waals surface area (Å²) >= 11 is 3.44. The normalized spacial score (nSPS) is 16.8. The summed E-state index contributed by atoms with van der Waals surface area (Å²) in [4.78, 5) is 14.0. The Hall–Kier alpha value is -2.51. The highest BCUT2D eigenvalue weighted by Crippen LogP contribution is 2.35. The van der Waals surface area contributed by atoms with Crippen molar-refractivity contribution in [1.29, 1.82) is 0 Å². The molecule has 0 aliphatic carbocycles. The number of ether oxygens (including phenoxy) is 1. The molecular formula is C21H19BrFN3O2. The minimum Gasteiger partial charge on any atom is -0.344 e. The highest BCUT2D eigenvalue weighted by atomic mass is 79.9. The molecule has 0 saturated carbocycles. The Labute approximate surface area is 170 Å². The van der Waals surface area contributed by atoms with E-state index in [0.29, 0.717) is 12.2 Å². The number of benzene rings is 2. The molecule has 0 radical (unpaired) electrons. The van der Waals surface area contributed by atoms with Crippen LogP contribution < -0.4 is 0 Å². The number of carbonyl (C=O) groups excluding carboxylic acids is 1. The van der Waals surface area contributed by atoms with Crippen molar-refractivity contribution < 1.29 is 13.9 Å². The molecule has 1 unspecified atom stereocenters. The average molecular weight is 444 g/mol. The lowest BCUT2D eigenvalue weighted by molar-refractivity contribution is -0.128. The van der Waals surface area contributed by atoms with Gasteiger partial charge >= 0.3 is 0 Å². The summed E-state index contributed by atoms with van der Waals surface area (Å²) in [5, 5.41) is 4.74. The van der Waals surface area contributed by atoms with Gasteiger partial charge in [-0.3, -0.25) is 4.79 Å². The van der Waals surface area contributed by atoms with Gasteiger partial charge in [-0.2, -0.15) is 5.10 Å². The highest BCUT2D eigenvalue weighted by Gasteiger charge is 2.35. The molecule has 0 N–H and O–H groups in total. The Morgan fingerprint density at radius 1 is 1.18 bits per heavy atom. The third-order valence-electron chi connectivity index (χ3n) is 4.65. The largest absolute Gasteiger partial charge is 0.344 e. The molecule has 1 amide bonds. The molecule has 2 aromatic carbocycles. The van der Waals surface area contributed by atoms with Gasteiger partial charge in [-0.25, -0.2) is 9.07 Å². The maximum Gasteiger partial charge on any atom is 0.250 e. The molecule has 28 heavy (non-hydrogen) atoms. The third kappa shape index (κ3) is 3.59. The van der Waals surface area contributed by atoms with E-state index in [1.54, 1.807) is 21.7 Å². The quantitative estimate of drug-likeness (QED) is 0.573. The standard InChI is InChI=1S/C21H19BrFN3O2/c1-2-11-25-19(27)13-28-21(25)18-12-26(17-9-5-15(22)6-10-17)24-20(18)14-3-7-16(23)8-4-14/h3-10,12,21H,2,11,13H2,1H3. The van der Waals surface area contributed by atoms with Crippen LogP contribution in [0.25, 0.3) is 16.9 Å². The van der Waals surface area contributed by atoms with E-state index in [9.17, 15) is 9.18 Å². The summed E-state index contributed by atoms with van der Waals surface area (Å²) < 4.78 is 22.0. The first-order chi connectivity index (χ1) is 13.6. The Morgan fingerprint density at radius 2 is 1.89 bits per heavy atom. The fraction of sp³-hybridized carbons (Fsp3) is 0.238. The van der Waals surface area contributed by atoms with Gasteiger partial charge in [0.25, 0.3) is 5.91 Å². The van der Waals surface area contributed by atoms with Crippen LogP contribution in [0.1, 0.15) is 25.1 Å². The molecule has 2 heterocycles. The Bertz CT molecular complexity index is 986. The van der Waals surface area contributed by atoms with Gasteiger partial charge in [0, 0.05) is 28.3 Å². The fourth-order valence-corrected chi connectivity index (χ4v) is 3.58. The number of carbonyl (C=O) groups is 1. The number of halogens is 2. The summed E-state index contributed by atoms with van der Waals surface area (Å²) in [6, 6.07) is 14.0. The molecule has 4 rings (SSSR count). The summed E-state index contributed by atoms with van der Waals surface area (Å²) in [5.74, 6) is -0.342. The first kappa shape index (κ1) is 18.8. The van der Waals surface area contributed by atoms with E-state index in [4.69, 9.17) is 9.84 Å². The Morgan fingerprint density at radius 3 is 2.57 bits per heavy atom. The number of rotatable bonds is 5. The van der Waals surface area contributed by atoms with Crippen molar-refractivity contribution in [3.8, 4) is 16.9 Å². The van der Waals surface area contributed by atoms with E-state index in [1.165, 1.54) is 12.1 Å². The van der Waals surface area contributed by atoms with Crippen molar-refractivity contribution in [2.75, 3.05) is 13.2 Å². The minimum atomic E-state index is -0.503. The third-order valence-corrected chi connectivity index (χ3v) is 5.18. The molecule has 0 bridgehead atoms. The molecule has 5 nitrogen and oxygen atoms in total. The van der Waals surface area contributed by atoms with Crippen molar-refractivity contribution in [3.05, 3.63) is 70.6 Å². The van der Waals surface area contributed by atoms with E-state index in [0.717, 1.165) is 27.7 Å². The molecule has 1 aromatic heterocycles. The minimum absolute atomic E-state index is 0.0340. The second-order valence-electron chi connectivity index (χ2n) is 6.61. The van der Waals surface area contributed by atoms with Crippen LogP contribution in [0.15, 0.2) is 59.2 Å². The first-order valence-electron chi connectivity index (χ1n) is 9.09. The van der Waals surface area contributed by atoms with E-state index in [-0.39, 0.29) is 18.3 Å². The lowest BCUT2D eigenvalue weighted by atomic mass is 10.1. The van der Waals surface area contributed by atoms with Crippen LogP contribution in [0.5, 0.6) is 0 Å². The summed E-state index contributed by atoms with van der Waals surface area (Å²) in [6.07, 6.45) is 2.21. The van der Waals surface area contributed by atoms with Gasteiger partial charge in [-0.1, -0.05) is 22.9 Å². The van der Waals surface area contributed by atoms with Crippen molar-refractivity contribution in [2.24, 2.45) is 0 Å². The molecule has 1 aliphatic rings. The summed E-state index contributed by atoms with van der Waals surface area (Å²) in [7, 11) is 0. The second-order valence-corrected chi connectivity index (χ2v) is 7.53. The van der Waals surface area contributed by atoms with Crippen LogP contribution >= 0.6 is 15.9 Å². The fourth-order valence-electron chi connectivity index (χ4n) is 3.32. The number of amides is 1. The molecule has 1 aliphatic heterocycles. The van der Waals surface area contributed by atoms with Crippen LogP contribution in [-0.4, -0.2) is 33.7 Å². The van der Waals surface area contributed by atoms with Gasteiger partial charge in [0.1, 0.15) is 18.1 Å². The van der Waals surface area contributed by atoms with Crippen molar-refractivity contribution in [3.63, 3.8) is 0 Å². The molecule has 3 aromatic rings. The molecule has 1 saturated heterocycles. The van der Waals surface area contributed by atoms with Crippen molar-refractivity contribution in [2.45, 2.75) is 19.6 Å². The van der Waals surface area contributed by atoms with Crippen LogP contribution in [0.2, 0.25) is 0 Å². The van der Waals surface area contributed by atoms with Gasteiger partial charge < -0.3 is 9.64 Å². The summed E-state index contributed by atoms with van der Waals surface area (Å²) in [5.41, 5.74) is 3.10. The Balaban J connectivity index is 1.82. The van der Waals surface area contributed by atoms with E-state index in [1.807, 2.05) is 37.4 Å².